The van der Waals surface area contributed by atoms with Crippen LogP contribution < -0.4 is 0 Å². The average molecular weight is 469 g/mol. The maximum Gasteiger partial charge on any atom is 0.331 e. The third-order valence-electron chi connectivity index (χ3n) is 4.29. The van der Waals surface area contributed by atoms with Crippen molar-refractivity contribution in [3.8, 4) is 0 Å². The van der Waals surface area contributed by atoms with Gasteiger partial charge in [-0.15, -0.1) is 0 Å². The molecule has 0 radical (unpaired) electrons. The lowest BCUT2D eigenvalue weighted by Gasteiger charge is -2.26. The lowest BCUT2D eigenvalue weighted by atomic mass is 9.99. The molecule has 11 nitrogen and oxygen atoms in total. The SMILES string of the molecule is C=C(CCCCCC/C=C/CC(CC(=O)OCCO)(C(=O)OCCO)S(=O)(=O)O)OO. The second-order valence-corrected chi connectivity index (χ2v) is 8.44. The Morgan fingerprint density at radius 1 is 0.968 bits per heavy atom. The first-order chi connectivity index (χ1) is 14.6. The summed E-state index contributed by atoms with van der Waals surface area (Å²) in [6, 6.07) is 0. The Balaban J connectivity index is 5.03. The van der Waals surface area contributed by atoms with Gasteiger partial charge in [0.2, 0.25) is 4.75 Å². The van der Waals surface area contributed by atoms with Gasteiger partial charge in [-0.25, -0.2) is 5.26 Å². The highest BCUT2D eigenvalue weighted by atomic mass is 32.2. The first-order valence-electron chi connectivity index (χ1n) is 9.80. The molecule has 0 aromatic rings. The van der Waals surface area contributed by atoms with Crippen molar-refractivity contribution in [3.05, 3.63) is 24.5 Å². The molecule has 0 aromatic heterocycles. The molecule has 0 aromatic carbocycles. The Bertz CT molecular complexity index is 687. The Morgan fingerprint density at radius 2 is 1.58 bits per heavy atom. The van der Waals surface area contributed by atoms with E-state index in [4.69, 9.17) is 15.5 Å². The molecule has 0 saturated carbocycles. The van der Waals surface area contributed by atoms with Crippen LogP contribution in [0.25, 0.3) is 0 Å². The molecular weight excluding hydrogens is 436 g/mol. The quantitative estimate of drug-likeness (QED) is 0.0434. The van der Waals surface area contributed by atoms with Crippen LogP contribution in [-0.4, -0.2) is 71.6 Å². The maximum absolute atomic E-state index is 12.4. The van der Waals surface area contributed by atoms with E-state index in [2.05, 4.69) is 20.9 Å². The van der Waals surface area contributed by atoms with E-state index in [9.17, 15) is 22.6 Å². The van der Waals surface area contributed by atoms with Gasteiger partial charge in [0.15, 0.2) is 0 Å². The number of unbranched alkanes of at least 4 members (excludes halogenated alkanes) is 4. The van der Waals surface area contributed by atoms with Crippen LogP contribution in [0.2, 0.25) is 0 Å². The summed E-state index contributed by atoms with van der Waals surface area (Å²) in [5.74, 6) is -2.22. The van der Waals surface area contributed by atoms with Crippen LogP contribution in [0.5, 0.6) is 0 Å². The van der Waals surface area contributed by atoms with E-state index >= 15 is 0 Å². The van der Waals surface area contributed by atoms with Gasteiger partial charge in [0.25, 0.3) is 10.1 Å². The van der Waals surface area contributed by atoms with E-state index in [0.717, 1.165) is 25.7 Å². The van der Waals surface area contributed by atoms with Crippen LogP contribution >= 0.6 is 0 Å². The molecule has 4 N–H and O–H groups in total. The molecule has 1 unspecified atom stereocenters. The van der Waals surface area contributed by atoms with Gasteiger partial charge >= 0.3 is 11.9 Å². The zero-order valence-electron chi connectivity index (χ0n) is 17.4. The van der Waals surface area contributed by atoms with Crippen molar-refractivity contribution in [3.63, 3.8) is 0 Å². The summed E-state index contributed by atoms with van der Waals surface area (Å²) in [5.41, 5.74) is 0. The summed E-state index contributed by atoms with van der Waals surface area (Å²) in [6.07, 6.45) is 5.74. The highest BCUT2D eigenvalue weighted by Crippen LogP contribution is 2.29. The summed E-state index contributed by atoms with van der Waals surface area (Å²) >= 11 is 0. The van der Waals surface area contributed by atoms with Gasteiger partial charge in [-0.2, -0.15) is 8.42 Å². The standard InChI is InChI=1S/C19H32O11S/c1-16(30-24)9-7-5-3-2-4-6-8-10-19(31(25,26)27,18(23)29-14-12-21)15-17(22)28-13-11-20/h6,8,20-21,24H,1-5,7,9-15H2,(H,25,26,27)/b8-6+. The van der Waals surface area contributed by atoms with Crippen molar-refractivity contribution < 1.29 is 52.4 Å². The highest BCUT2D eigenvalue weighted by Gasteiger charge is 2.53. The lowest BCUT2D eigenvalue weighted by Crippen LogP contribution is -2.49. The number of hydrogen-bond donors (Lipinski definition) is 4. The zero-order valence-corrected chi connectivity index (χ0v) is 18.2. The Labute approximate surface area is 182 Å². The minimum Gasteiger partial charge on any atom is -0.463 e. The van der Waals surface area contributed by atoms with E-state index in [1.54, 1.807) is 6.08 Å². The molecule has 0 heterocycles. The molecule has 0 aliphatic rings. The fourth-order valence-electron chi connectivity index (χ4n) is 2.62. The molecule has 0 amide bonds. The number of ether oxygens (including phenoxy) is 2. The predicted octanol–water partition coefficient (Wildman–Crippen LogP) is 1.36. The number of carbonyl (C=O) groups excluding carboxylic acids is 2. The van der Waals surface area contributed by atoms with Gasteiger partial charge in [0.1, 0.15) is 19.0 Å². The maximum atomic E-state index is 12.4. The van der Waals surface area contributed by atoms with Crippen molar-refractivity contribution >= 4 is 22.1 Å². The van der Waals surface area contributed by atoms with Crippen molar-refractivity contribution in [2.75, 3.05) is 26.4 Å². The summed E-state index contributed by atoms with van der Waals surface area (Å²) in [7, 11) is -5.10. The van der Waals surface area contributed by atoms with Gasteiger partial charge in [-0.3, -0.25) is 14.1 Å². The Hall–Kier alpha value is -1.99. The Kier molecular flexibility index (Phi) is 14.7. The van der Waals surface area contributed by atoms with Crippen LogP contribution in [0.3, 0.4) is 0 Å². The fourth-order valence-corrected chi connectivity index (χ4v) is 3.49. The highest BCUT2D eigenvalue weighted by molar-refractivity contribution is 7.88. The molecule has 0 spiro atoms. The van der Waals surface area contributed by atoms with E-state index in [0.29, 0.717) is 12.8 Å². The van der Waals surface area contributed by atoms with Crippen LogP contribution in [0, 0.1) is 0 Å². The fraction of sp³-hybridized carbons (Fsp3) is 0.684. The molecule has 0 saturated heterocycles. The number of aliphatic hydroxyl groups excluding tert-OH is 2. The van der Waals surface area contributed by atoms with Crippen molar-refractivity contribution in [1.29, 1.82) is 0 Å². The normalized spacial score (nSPS) is 13.5. The minimum absolute atomic E-state index is 0.284. The first kappa shape index (κ1) is 29.0. The third-order valence-corrected chi connectivity index (χ3v) is 5.76. The van der Waals surface area contributed by atoms with Crippen LogP contribution in [0.4, 0.5) is 0 Å². The second-order valence-electron chi connectivity index (χ2n) is 6.71. The molecule has 0 aliphatic carbocycles. The van der Waals surface area contributed by atoms with Gasteiger partial charge in [-0.1, -0.05) is 31.6 Å². The molecule has 180 valence electrons. The lowest BCUT2D eigenvalue weighted by molar-refractivity contribution is -0.205. The Morgan fingerprint density at radius 3 is 2.16 bits per heavy atom. The van der Waals surface area contributed by atoms with Gasteiger partial charge in [0, 0.05) is 6.42 Å². The van der Waals surface area contributed by atoms with Crippen molar-refractivity contribution in [2.24, 2.45) is 0 Å². The van der Waals surface area contributed by atoms with E-state index < -0.39 is 66.1 Å². The molecule has 31 heavy (non-hydrogen) atoms. The van der Waals surface area contributed by atoms with Gasteiger partial charge < -0.3 is 24.6 Å². The molecule has 0 aliphatic heterocycles. The second kappa shape index (κ2) is 15.8. The number of allylic oxidation sites excluding steroid dienone is 3. The topological polar surface area (TPSA) is 177 Å². The van der Waals surface area contributed by atoms with E-state index in [1.165, 1.54) is 6.08 Å². The number of carbonyl (C=O) groups is 2. The zero-order chi connectivity index (χ0) is 23.8. The molecule has 1 atom stereocenters. The van der Waals surface area contributed by atoms with Crippen LogP contribution in [0.1, 0.15) is 51.4 Å². The molecular formula is C19H32O11S. The number of esters is 2. The molecule has 0 bridgehead atoms. The summed E-state index contributed by atoms with van der Waals surface area (Å²) in [6.45, 7) is 1.50. The summed E-state index contributed by atoms with van der Waals surface area (Å²) in [4.78, 5) is 28.3. The monoisotopic (exact) mass is 468 g/mol. The van der Waals surface area contributed by atoms with Crippen LogP contribution in [-0.2, 0) is 34.1 Å². The summed E-state index contributed by atoms with van der Waals surface area (Å²) < 4.78 is 40.5. The number of hydrogen-bond acceptors (Lipinski definition) is 10. The van der Waals surface area contributed by atoms with Crippen LogP contribution in [0.15, 0.2) is 24.5 Å². The predicted molar refractivity (Wildman–Crippen MR) is 109 cm³/mol. The number of aliphatic hydroxyl groups is 2. The van der Waals surface area contributed by atoms with Gasteiger partial charge in [0.05, 0.1) is 19.6 Å². The van der Waals surface area contributed by atoms with E-state index in [-0.39, 0.29) is 5.76 Å². The van der Waals surface area contributed by atoms with Crippen molar-refractivity contribution in [2.45, 2.75) is 56.1 Å². The molecule has 0 fully saturated rings. The minimum atomic E-state index is -5.10. The summed E-state index contributed by atoms with van der Waals surface area (Å²) in [5, 5.41) is 25.9. The molecule has 0 rings (SSSR count). The average Bonchev–Trinajstić information content (AvgIpc) is 2.72. The first-order valence-corrected chi connectivity index (χ1v) is 11.2. The number of rotatable bonds is 18. The van der Waals surface area contributed by atoms with Gasteiger partial charge in [-0.05, 0) is 25.7 Å². The third kappa shape index (κ3) is 11.3. The van der Waals surface area contributed by atoms with Crippen molar-refractivity contribution in [1.82, 2.24) is 0 Å². The van der Waals surface area contributed by atoms with E-state index in [1.807, 2.05) is 0 Å². The smallest absolute Gasteiger partial charge is 0.331 e. The largest absolute Gasteiger partial charge is 0.463 e. The molecule has 12 heteroatoms.